The number of urea groups is 1. The van der Waals surface area contributed by atoms with E-state index in [1.807, 2.05) is 38.1 Å². The summed E-state index contributed by atoms with van der Waals surface area (Å²) in [6.07, 6.45) is 0.836. The van der Waals surface area contributed by atoms with Crippen LogP contribution in [0.25, 0.3) is 0 Å². The molecule has 0 saturated heterocycles. The van der Waals surface area contributed by atoms with Crippen LogP contribution in [0.15, 0.2) is 48.5 Å². The molecular weight excluding hydrogens is 279 g/mol. The van der Waals surface area contributed by atoms with Gasteiger partial charge in [-0.25, -0.2) is 9.18 Å². The maximum atomic E-state index is 13.9. The van der Waals surface area contributed by atoms with Gasteiger partial charge < -0.3 is 10.2 Å². The van der Waals surface area contributed by atoms with Crippen LogP contribution in [0, 0.1) is 5.82 Å². The predicted molar refractivity (Wildman–Crippen MR) is 87.4 cm³/mol. The van der Waals surface area contributed by atoms with Gasteiger partial charge in [-0.2, -0.15) is 0 Å². The number of amides is 2. The van der Waals surface area contributed by atoms with Crippen molar-refractivity contribution in [3.05, 3.63) is 65.5 Å². The highest BCUT2D eigenvalue weighted by atomic mass is 19.1. The quantitative estimate of drug-likeness (QED) is 0.878. The van der Waals surface area contributed by atoms with Gasteiger partial charge in [0.2, 0.25) is 0 Å². The Morgan fingerprint density at radius 1 is 1.18 bits per heavy atom. The first kappa shape index (κ1) is 16.0. The summed E-state index contributed by atoms with van der Waals surface area (Å²) in [6.45, 7) is 3.85. The van der Waals surface area contributed by atoms with Gasteiger partial charge in [0.25, 0.3) is 0 Å². The van der Waals surface area contributed by atoms with Crippen LogP contribution < -0.4 is 5.32 Å². The highest BCUT2D eigenvalue weighted by molar-refractivity contribution is 5.90. The number of carbonyl (C=O) groups is 1. The molecule has 0 saturated carbocycles. The van der Waals surface area contributed by atoms with E-state index in [9.17, 15) is 9.18 Å². The summed E-state index contributed by atoms with van der Waals surface area (Å²) in [6, 6.07) is 13.6. The number of rotatable bonds is 4. The number of hydrogen-bond donors (Lipinski definition) is 1. The zero-order valence-corrected chi connectivity index (χ0v) is 13.1. The zero-order valence-electron chi connectivity index (χ0n) is 13.1. The standard InChI is InChI=1S/C18H21FN2O/c1-4-14-9-5-8-12-17(14)20-18(22)21(3)13(2)15-10-6-7-11-16(15)19/h5-13H,4H2,1-3H3,(H,20,22). The molecule has 0 aliphatic carbocycles. The molecule has 22 heavy (non-hydrogen) atoms. The Kier molecular flexibility index (Phi) is 5.15. The molecule has 0 fully saturated rings. The Labute approximate surface area is 130 Å². The third-order valence-electron chi connectivity index (χ3n) is 3.90. The van der Waals surface area contributed by atoms with Crippen LogP contribution in [0.2, 0.25) is 0 Å². The number of halogens is 1. The average Bonchev–Trinajstić information content (AvgIpc) is 2.54. The van der Waals surface area contributed by atoms with Crippen LogP contribution in [-0.4, -0.2) is 18.0 Å². The summed E-state index contributed by atoms with van der Waals surface area (Å²) in [4.78, 5) is 13.9. The second kappa shape index (κ2) is 7.07. The maximum Gasteiger partial charge on any atom is 0.322 e. The fourth-order valence-electron chi connectivity index (χ4n) is 2.35. The van der Waals surface area contributed by atoms with Gasteiger partial charge in [0, 0.05) is 18.3 Å². The summed E-state index contributed by atoms with van der Waals surface area (Å²) in [7, 11) is 1.67. The summed E-state index contributed by atoms with van der Waals surface area (Å²) in [5.74, 6) is -0.302. The van der Waals surface area contributed by atoms with Crippen LogP contribution in [0.4, 0.5) is 14.9 Å². The van der Waals surface area contributed by atoms with Crippen molar-refractivity contribution in [3.8, 4) is 0 Å². The lowest BCUT2D eigenvalue weighted by atomic mass is 10.1. The molecule has 116 valence electrons. The van der Waals surface area contributed by atoms with E-state index in [1.165, 1.54) is 11.0 Å². The number of carbonyl (C=O) groups excluding carboxylic acids is 1. The first-order valence-electron chi connectivity index (χ1n) is 7.40. The van der Waals surface area contributed by atoms with E-state index in [1.54, 1.807) is 25.2 Å². The van der Waals surface area contributed by atoms with Crippen LogP contribution in [0.3, 0.4) is 0 Å². The number of nitrogens with one attached hydrogen (secondary N) is 1. The van der Waals surface area contributed by atoms with Gasteiger partial charge in [-0.3, -0.25) is 0 Å². The Morgan fingerprint density at radius 3 is 2.50 bits per heavy atom. The molecule has 0 aliphatic heterocycles. The minimum Gasteiger partial charge on any atom is -0.321 e. The van der Waals surface area contributed by atoms with Gasteiger partial charge in [0.15, 0.2) is 0 Å². The van der Waals surface area contributed by atoms with Gasteiger partial charge in [0.05, 0.1) is 6.04 Å². The fourth-order valence-corrected chi connectivity index (χ4v) is 2.35. The molecule has 0 bridgehead atoms. The first-order chi connectivity index (χ1) is 10.5. The van der Waals surface area contributed by atoms with Gasteiger partial charge in [-0.15, -0.1) is 0 Å². The molecule has 0 spiro atoms. The fraction of sp³-hybridized carbons (Fsp3) is 0.278. The third-order valence-corrected chi connectivity index (χ3v) is 3.90. The molecule has 2 aromatic carbocycles. The molecule has 1 atom stereocenters. The van der Waals surface area contributed by atoms with E-state index in [0.29, 0.717) is 5.56 Å². The number of hydrogen-bond acceptors (Lipinski definition) is 1. The van der Waals surface area contributed by atoms with Gasteiger partial charge >= 0.3 is 6.03 Å². The molecule has 0 heterocycles. The smallest absolute Gasteiger partial charge is 0.321 e. The zero-order chi connectivity index (χ0) is 16.1. The van der Waals surface area contributed by atoms with Crippen molar-refractivity contribution in [1.29, 1.82) is 0 Å². The van der Waals surface area contributed by atoms with Gasteiger partial charge in [-0.1, -0.05) is 43.3 Å². The van der Waals surface area contributed by atoms with Crippen LogP contribution in [0.5, 0.6) is 0 Å². The number of aryl methyl sites for hydroxylation is 1. The number of anilines is 1. The Bertz CT molecular complexity index is 657. The molecule has 1 unspecified atom stereocenters. The van der Waals surface area contributed by atoms with E-state index < -0.39 is 0 Å². The molecule has 2 aromatic rings. The van der Waals surface area contributed by atoms with Crippen LogP contribution in [0.1, 0.15) is 31.0 Å². The molecular formula is C18H21FN2O. The largest absolute Gasteiger partial charge is 0.322 e. The molecule has 2 amide bonds. The Hall–Kier alpha value is -2.36. The van der Waals surface area contributed by atoms with Crippen molar-refractivity contribution in [2.45, 2.75) is 26.3 Å². The minimum atomic E-state index is -0.352. The highest BCUT2D eigenvalue weighted by Crippen LogP contribution is 2.23. The number of benzene rings is 2. The molecule has 2 rings (SSSR count). The Morgan fingerprint density at radius 2 is 1.82 bits per heavy atom. The molecule has 0 aliphatic rings. The van der Waals surface area contributed by atoms with Crippen LogP contribution >= 0.6 is 0 Å². The molecule has 4 heteroatoms. The van der Waals surface area contributed by atoms with Crippen molar-refractivity contribution in [2.75, 3.05) is 12.4 Å². The normalized spacial score (nSPS) is 11.8. The van der Waals surface area contributed by atoms with Gasteiger partial charge in [0.1, 0.15) is 5.82 Å². The summed E-state index contributed by atoms with van der Waals surface area (Å²) < 4.78 is 13.9. The monoisotopic (exact) mass is 300 g/mol. The molecule has 3 nitrogen and oxygen atoms in total. The van der Waals surface area contributed by atoms with Gasteiger partial charge in [-0.05, 0) is 31.0 Å². The minimum absolute atomic E-state index is 0.253. The predicted octanol–water partition coefficient (Wildman–Crippen LogP) is 4.61. The van der Waals surface area contributed by atoms with E-state index in [4.69, 9.17) is 0 Å². The summed E-state index contributed by atoms with van der Waals surface area (Å²) in [5.41, 5.74) is 2.37. The van der Waals surface area contributed by atoms with E-state index >= 15 is 0 Å². The lowest BCUT2D eigenvalue weighted by molar-refractivity contribution is 0.207. The highest BCUT2D eigenvalue weighted by Gasteiger charge is 2.20. The third kappa shape index (κ3) is 3.45. The second-order valence-electron chi connectivity index (χ2n) is 5.25. The lowest BCUT2D eigenvalue weighted by Gasteiger charge is -2.26. The van der Waals surface area contributed by atoms with E-state index in [0.717, 1.165) is 17.7 Å². The summed E-state index contributed by atoms with van der Waals surface area (Å²) >= 11 is 0. The Balaban J connectivity index is 2.14. The van der Waals surface area contributed by atoms with Crippen molar-refractivity contribution in [2.24, 2.45) is 0 Å². The first-order valence-corrected chi connectivity index (χ1v) is 7.40. The van der Waals surface area contributed by atoms with Crippen molar-refractivity contribution >= 4 is 11.7 Å². The van der Waals surface area contributed by atoms with Crippen molar-refractivity contribution < 1.29 is 9.18 Å². The lowest BCUT2D eigenvalue weighted by Crippen LogP contribution is -2.34. The molecule has 0 radical (unpaired) electrons. The SMILES string of the molecule is CCc1ccccc1NC(=O)N(C)C(C)c1ccccc1F. The average molecular weight is 300 g/mol. The van der Waals surface area contributed by atoms with E-state index in [2.05, 4.69) is 5.32 Å². The molecule has 0 aromatic heterocycles. The van der Waals surface area contributed by atoms with Crippen molar-refractivity contribution in [3.63, 3.8) is 0 Å². The van der Waals surface area contributed by atoms with Crippen LogP contribution in [-0.2, 0) is 6.42 Å². The number of para-hydroxylation sites is 1. The second-order valence-corrected chi connectivity index (χ2v) is 5.25. The van der Waals surface area contributed by atoms with E-state index in [-0.39, 0.29) is 17.9 Å². The van der Waals surface area contributed by atoms with Crippen molar-refractivity contribution in [1.82, 2.24) is 4.90 Å². The maximum absolute atomic E-state index is 13.9. The topological polar surface area (TPSA) is 32.3 Å². The molecule has 1 N–H and O–H groups in total. The number of nitrogens with zero attached hydrogens (tertiary/aromatic N) is 1. The summed E-state index contributed by atoms with van der Waals surface area (Å²) in [5, 5.41) is 2.90.